The highest BCUT2D eigenvalue weighted by atomic mass is 16.5. The van der Waals surface area contributed by atoms with Gasteiger partial charge in [0.05, 0.1) is 18.9 Å². The highest BCUT2D eigenvalue weighted by Crippen LogP contribution is 2.31. The summed E-state index contributed by atoms with van der Waals surface area (Å²) < 4.78 is 5.53. The number of H-pyrrole nitrogens is 1. The van der Waals surface area contributed by atoms with E-state index < -0.39 is 0 Å². The number of hydrogen-bond donors (Lipinski definition) is 3. The molecule has 0 aromatic carbocycles. The van der Waals surface area contributed by atoms with Gasteiger partial charge in [0.2, 0.25) is 0 Å². The molecule has 1 unspecified atom stereocenters. The average Bonchev–Trinajstić information content (AvgIpc) is 2.97. The minimum atomic E-state index is 0.131. The van der Waals surface area contributed by atoms with Crippen molar-refractivity contribution >= 4 is 18.2 Å². The van der Waals surface area contributed by atoms with Crippen LogP contribution in [0.1, 0.15) is 17.7 Å². The molecule has 0 spiro atoms. The molecule has 0 bridgehead atoms. The summed E-state index contributed by atoms with van der Waals surface area (Å²) in [6.07, 6.45) is 3.57. The molecule has 2 atom stereocenters. The van der Waals surface area contributed by atoms with Crippen LogP contribution < -0.4 is 5.73 Å². The summed E-state index contributed by atoms with van der Waals surface area (Å²) in [6.45, 7) is 3.05. The van der Waals surface area contributed by atoms with Crippen LogP contribution in [0.5, 0.6) is 0 Å². The first-order valence-electron chi connectivity index (χ1n) is 6.44. The van der Waals surface area contributed by atoms with Crippen molar-refractivity contribution in [2.24, 2.45) is 10.7 Å². The van der Waals surface area contributed by atoms with E-state index in [0.29, 0.717) is 18.5 Å². The smallest absolute Gasteiger partial charge is 0.178 e. The van der Waals surface area contributed by atoms with Crippen molar-refractivity contribution in [3.8, 4) is 0 Å². The summed E-state index contributed by atoms with van der Waals surface area (Å²) in [5.41, 5.74) is 8.18. The summed E-state index contributed by atoms with van der Waals surface area (Å²) in [6, 6.07) is 0.496. The van der Waals surface area contributed by atoms with Crippen LogP contribution in [0.4, 0.5) is 5.82 Å². The highest BCUT2D eigenvalue weighted by Gasteiger charge is 2.32. The molecule has 102 valence electrons. The van der Waals surface area contributed by atoms with Gasteiger partial charge in [-0.3, -0.25) is 10.00 Å². The highest BCUT2D eigenvalue weighted by molar-refractivity contribution is 6.15. The second kappa shape index (κ2) is 5.20. The fourth-order valence-electron chi connectivity index (χ4n) is 2.72. The predicted octanol–water partition coefficient (Wildman–Crippen LogP) is 0.193. The molecule has 7 heteroatoms. The summed E-state index contributed by atoms with van der Waals surface area (Å²) in [7, 11) is 0. The predicted molar refractivity (Wildman–Crippen MR) is 72.0 cm³/mol. The van der Waals surface area contributed by atoms with Crippen LogP contribution >= 0.6 is 0 Å². The number of aliphatic imine (C=N–C) groups is 1. The minimum Gasteiger partial charge on any atom is -0.378 e. The third kappa shape index (κ3) is 2.44. The monoisotopic (exact) mass is 262 g/mol. The number of aromatic nitrogens is 2. The van der Waals surface area contributed by atoms with Crippen molar-refractivity contribution < 1.29 is 4.74 Å². The fraction of sp³-hybridized carbons (Fsp3) is 0.583. The molecule has 0 aliphatic carbocycles. The van der Waals surface area contributed by atoms with Crippen LogP contribution in [0, 0.1) is 5.41 Å². The Morgan fingerprint density at radius 2 is 2.37 bits per heavy atom. The maximum Gasteiger partial charge on any atom is 0.178 e. The Bertz CT molecular complexity index is 496. The second-order valence-electron chi connectivity index (χ2n) is 5.04. The van der Waals surface area contributed by atoms with Crippen molar-refractivity contribution in [2.45, 2.75) is 31.6 Å². The topological polar surface area (TPSA) is 103 Å². The van der Waals surface area contributed by atoms with Crippen LogP contribution in [0.2, 0.25) is 0 Å². The van der Waals surface area contributed by atoms with E-state index in [1.807, 2.05) is 0 Å². The van der Waals surface area contributed by atoms with E-state index in [-0.39, 0.29) is 6.04 Å². The summed E-state index contributed by atoms with van der Waals surface area (Å²) >= 11 is 0. The Morgan fingerprint density at radius 3 is 3.16 bits per heavy atom. The maximum atomic E-state index is 6.97. The number of ether oxygens (including phenoxy) is 1. The van der Waals surface area contributed by atoms with Gasteiger partial charge in [-0.15, -0.1) is 0 Å². The molecular weight excluding hydrogens is 244 g/mol. The number of hydrogen-bond acceptors (Lipinski definition) is 6. The number of aromatic amines is 1. The number of nitrogens with two attached hydrogens (primary N) is 1. The summed E-state index contributed by atoms with van der Waals surface area (Å²) in [4.78, 5) is 6.51. The number of rotatable bonds is 3. The third-order valence-corrected chi connectivity index (χ3v) is 3.66. The molecule has 0 saturated carbocycles. The lowest BCUT2D eigenvalue weighted by atomic mass is 10.1. The lowest BCUT2D eigenvalue weighted by molar-refractivity contribution is 0.00514. The van der Waals surface area contributed by atoms with Gasteiger partial charge in [0.15, 0.2) is 5.82 Å². The molecular formula is C12H18N6O. The molecule has 2 aliphatic rings. The van der Waals surface area contributed by atoms with Gasteiger partial charge in [-0.05, 0) is 6.42 Å². The van der Waals surface area contributed by atoms with Crippen molar-refractivity contribution in [3.63, 3.8) is 0 Å². The third-order valence-electron chi connectivity index (χ3n) is 3.66. The molecule has 1 saturated heterocycles. The van der Waals surface area contributed by atoms with Crippen LogP contribution in [-0.2, 0) is 17.8 Å². The molecule has 7 nitrogen and oxygen atoms in total. The van der Waals surface area contributed by atoms with E-state index >= 15 is 0 Å². The first kappa shape index (κ1) is 12.5. The van der Waals surface area contributed by atoms with Crippen molar-refractivity contribution in [1.29, 1.82) is 5.41 Å². The van der Waals surface area contributed by atoms with Gasteiger partial charge >= 0.3 is 0 Å². The quantitative estimate of drug-likeness (QED) is 0.676. The van der Waals surface area contributed by atoms with E-state index in [1.54, 1.807) is 0 Å². The van der Waals surface area contributed by atoms with E-state index in [0.717, 1.165) is 43.6 Å². The molecule has 4 N–H and O–H groups in total. The fourth-order valence-corrected chi connectivity index (χ4v) is 2.72. The van der Waals surface area contributed by atoms with Crippen LogP contribution in [-0.4, -0.2) is 52.8 Å². The lowest BCUT2D eigenvalue weighted by Crippen LogP contribution is -2.46. The first-order valence-corrected chi connectivity index (χ1v) is 6.44. The zero-order valence-corrected chi connectivity index (χ0v) is 10.7. The molecule has 0 amide bonds. The molecule has 0 radical (unpaired) electrons. The van der Waals surface area contributed by atoms with Crippen LogP contribution in [0.25, 0.3) is 0 Å². The molecule has 1 aromatic heterocycles. The van der Waals surface area contributed by atoms with Crippen LogP contribution in [0.3, 0.4) is 0 Å². The molecule has 1 aromatic rings. The van der Waals surface area contributed by atoms with Gasteiger partial charge in [-0.25, -0.2) is 4.99 Å². The van der Waals surface area contributed by atoms with E-state index in [4.69, 9.17) is 15.9 Å². The van der Waals surface area contributed by atoms with Gasteiger partial charge in [-0.1, -0.05) is 0 Å². The van der Waals surface area contributed by atoms with Crippen molar-refractivity contribution in [3.05, 3.63) is 11.3 Å². The van der Waals surface area contributed by atoms with Crippen molar-refractivity contribution in [1.82, 2.24) is 15.1 Å². The Labute approximate surface area is 111 Å². The van der Waals surface area contributed by atoms with Gasteiger partial charge in [0.1, 0.15) is 0 Å². The Kier molecular flexibility index (Phi) is 3.41. The van der Waals surface area contributed by atoms with E-state index in [2.05, 4.69) is 20.1 Å². The Balaban J connectivity index is 1.71. The molecule has 1 fully saturated rings. The Hall–Kier alpha value is -1.57. The van der Waals surface area contributed by atoms with E-state index in [1.165, 1.54) is 6.21 Å². The maximum absolute atomic E-state index is 6.97. The van der Waals surface area contributed by atoms with Gasteiger partial charge in [0, 0.05) is 43.2 Å². The normalized spacial score (nSPS) is 27.8. The standard InChI is InChI=1S/C12H18N6O/c13-1-2-15-12-10-4-18(5-11(10)16-17-12)9-3-8(14)6-19-7-9/h1-2,8-9,13H,3-7,14H2,(H,16,17)/t8-,9?/m0/s1. The molecule has 3 heterocycles. The number of fused-ring (bicyclic) bond motifs is 1. The van der Waals surface area contributed by atoms with Crippen LogP contribution in [0.15, 0.2) is 4.99 Å². The first-order chi connectivity index (χ1) is 9.28. The SMILES string of the molecule is N=CC=Nc1n[nH]c2c1CN(C1COC[C@@H](N)C1)C2. The zero-order valence-electron chi connectivity index (χ0n) is 10.7. The van der Waals surface area contributed by atoms with Gasteiger partial charge in [0.25, 0.3) is 0 Å². The summed E-state index contributed by atoms with van der Waals surface area (Å²) in [5.74, 6) is 0.682. The molecule has 2 aliphatic heterocycles. The van der Waals surface area contributed by atoms with Crippen molar-refractivity contribution in [2.75, 3.05) is 13.2 Å². The Morgan fingerprint density at radius 1 is 1.47 bits per heavy atom. The van der Waals surface area contributed by atoms with Gasteiger partial charge < -0.3 is 15.9 Å². The zero-order chi connectivity index (χ0) is 13.2. The molecule has 19 heavy (non-hydrogen) atoms. The van der Waals surface area contributed by atoms with E-state index in [9.17, 15) is 0 Å². The minimum absolute atomic E-state index is 0.131. The number of nitrogens with one attached hydrogen (secondary N) is 2. The summed E-state index contributed by atoms with van der Waals surface area (Å²) in [5, 5.41) is 14.2. The number of nitrogens with zero attached hydrogens (tertiary/aromatic N) is 3. The second-order valence-corrected chi connectivity index (χ2v) is 5.04. The van der Waals surface area contributed by atoms with Gasteiger partial charge in [-0.2, -0.15) is 5.10 Å². The lowest BCUT2D eigenvalue weighted by Gasteiger charge is -2.33. The molecule has 3 rings (SSSR count). The largest absolute Gasteiger partial charge is 0.378 e. The average molecular weight is 262 g/mol.